The van der Waals surface area contributed by atoms with Crippen LogP contribution in [-0.4, -0.2) is 21.1 Å². The number of aromatic nitrogens is 3. The average Bonchev–Trinajstić information content (AvgIpc) is 3.77. The molecule has 50 heavy (non-hydrogen) atoms. The molecule has 6 aromatic carbocycles. The lowest BCUT2D eigenvalue weighted by molar-refractivity contribution is 0.271. The Kier molecular flexibility index (Phi) is 6.78. The second-order valence-corrected chi connectivity index (χ2v) is 13.8. The fraction of sp³-hybridized carbons (Fsp3) is 0.0444. The van der Waals surface area contributed by atoms with Crippen LogP contribution in [0.25, 0.3) is 71.0 Å². The predicted molar refractivity (Wildman–Crippen MR) is 205 cm³/mol. The molecule has 10 rings (SSSR count). The van der Waals surface area contributed by atoms with Crippen molar-refractivity contribution >= 4 is 37.1 Å². The molecule has 2 aromatic heterocycles. The van der Waals surface area contributed by atoms with Crippen molar-refractivity contribution < 1.29 is 4.74 Å². The van der Waals surface area contributed by atoms with Gasteiger partial charge in [-0.15, -0.1) is 11.3 Å². The highest BCUT2D eigenvalue weighted by Crippen LogP contribution is 2.48. The van der Waals surface area contributed by atoms with E-state index in [0.717, 1.165) is 33.6 Å². The van der Waals surface area contributed by atoms with E-state index in [1.54, 1.807) is 11.3 Å². The van der Waals surface area contributed by atoms with Crippen LogP contribution in [0.15, 0.2) is 164 Å². The van der Waals surface area contributed by atoms with E-state index in [0.29, 0.717) is 17.5 Å². The van der Waals surface area contributed by atoms with E-state index in [1.165, 1.54) is 36.9 Å². The Morgan fingerprint density at radius 1 is 0.500 bits per heavy atom. The standard InChI is InChI=1S/C45H29N3OS/c1-2-10-28(11-3-1)29-20-24-31(25-21-29)43-46-44(48-45(47-43)36-15-9-19-40-42(36)35-13-5-7-18-39(35)50-40)32-26-22-30(23-27-32)33-14-8-17-38-41(33)34-12-4-6-16-37(34)49-38/h1-27,38,41H. The maximum Gasteiger partial charge on any atom is 0.164 e. The van der Waals surface area contributed by atoms with Gasteiger partial charge in [-0.2, -0.15) is 0 Å². The van der Waals surface area contributed by atoms with Gasteiger partial charge in [-0.1, -0.05) is 140 Å². The fourth-order valence-electron chi connectivity index (χ4n) is 7.35. The van der Waals surface area contributed by atoms with E-state index in [4.69, 9.17) is 19.7 Å². The number of ether oxygens (including phenoxy) is 1. The molecule has 2 unspecified atom stereocenters. The van der Waals surface area contributed by atoms with Crippen LogP contribution in [0.5, 0.6) is 5.75 Å². The first-order valence-electron chi connectivity index (χ1n) is 16.8. The molecule has 1 aliphatic heterocycles. The van der Waals surface area contributed by atoms with Gasteiger partial charge in [-0.05, 0) is 46.5 Å². The van der Waals surface area contributed by atoms with E-state index in [1.807, 2.05) is 12.1 Å². The molecule has 4 nitrogen and oxygen atoms in total. The van der Waals surface area contributed by atoms with Gasteiger partial charge >= 0.3 is 0 Å². The molecule has 0 radical (unpaired) electrons. The Balaban J connectivity index is 1.09. The molecule has 0 fully saturated rings. The quantitative estimate of drug-likeness (QED) is 0.184. The van der Waals surface area contributed by atoms with Gasteiger partial charge in [0.15, 0.2) is 17.5 Å². The SMILES string of the molecule is C1=CC2Oc3ccccc3C2C(c2ccc(-c3nc(-c4ccc(-c5ccccc5)cc4)nc(-c4cccc5sc6ccccc6c45)n3)cc2)=C1. The molecule has 0 spiro atoms. The second-order valence-electron chi connectivity index (χ2n) is 12.7. The Labute approximate surface area is 293 Å². The first-order valence-corrected chi connectivity index (χ1v) is 17.7. The highest BCUT2D eigenvalue weighted by atomic mass is 32.1. The number of rotatable bonds is 5. The van der Waals surface area contributed by atoms with E-state index in [2.05, 4.69) is 152 Å². The Hall–Kier alpha value is -6.17. The molecule has 0 amide bonds. The van der Waals surface area contributed by atoms with Gasteiger partial charge in [0.25, 0.3) is 0 Å². The maximum atomic E-state index is 6.30. The van der Waals surface area contributed by atoms with Crippen molar-refractivity contribution in [3.8, 4) is 51.0 Å². The smallest absolute Gasteiger partial charge is 0.164 e. The van der Waals surface area contributed by atoms with Crippen LogP contribution in [-0.2, 0) is 0 Å². The van der Waals surface area contributed by atoms with Crippen LogP contribution >= 0.6 is 11.3 Å². The van der Waals surface area contributed by atoms with Gasteiger partial charge in [-0.3, -0.25) is 0 Å². The summed E-state index contributed by atoms with van der Waals surface area (Å²) in [6.45, 7) is 0. The number of allylic oxidation sites excluding steroid dienone is 2. The summed E-state index contributed by atoms with van der Waals surface area (Å²) in [5, 5.41) is 2.39. The van der Waals surface area contributed by atoms with Gasteiger partial charge in [0.1, 0.15) is 11.9 Å². The number of para-hydroxylation sites is 1. The lowest BCUT2D eigenvalue weighted by Crippen LogP contribution is -2.19. The van der Waals surface area contributed by atoms with Gasteiger partial charge < -0.3 is 4.74 Å². The third-order valence-corrected chi connectivity index (χ3v) is 10.9. The Morgan fingerprint density at radius 3 is 1.92 bits per heavy atom. The fourth-order valence-corrected chi connectivity index (χ4v) is 8.48. The third kappa shape index (κ3) is 4.86. The van der Waals surface area contributed by atoms with Crippen LogP contribution in [0.1, 0.15) is 17.0 Å². The van der Waals surface area contributed by atoms with Crippen molar-refractivity contribution in [1.82, 2.24) is 15.0 Å². The zero-order valence-electron chi connectivity index (χ0n) is 26.9. The molecule has 8 aromatic rings. The lowest BCUT2D eigenvalue weighted by atomic mass is 9.81. The first-order chi connectivity index (χ1) is 24.8. The van der Waals surface area contributed by atoms with Crippen molar-refractivity contribution in [1.29, 1.82) is 0 Å². The zero-order valence-corrected chi connectivity index (χ0v) is 27.7. The molecule has 2 atom stereocenters. The summed E-state index contributed by atoms with van der Waals surface area (Å²) in [6, 6.07) is 50.9. The van der Waals surface area contributed by atoms with E-state index < -0.39 is 0 Å². The summed E-state index contributed by atoms with van der Waals surface area (Å²) in [7, 11) is 0. The van der Waals surface area contributed by atoms with Gasteiger partial charge in [0.2, 0.25) is 0 Å². The summed E-state index contributed by atoms with van der Waals surface area (Å²) >= 11 is 1.80. The Bertz CT molecular complexity index is 2620. The summed E-state index contributed by atoms with van der Waals surface area (Å²) in [4.78, 5) is 15.4. The van der Waals surface area contributed by atoms with Crippen LogP contribution in [0.2, 0.25) is 0 Å². The van der Waals surface area contributed by atoms with Crippen molar-refractivity contribution in [2.24, 2.45) is 0 Å². The maximum absolute atomic E-state index is 6.30. The molecule has 5 heteroatoms. The normalized spacial score (nSPS) is 16.2. The number of nitrogens with zero attached hydrogens (tertiary/aromatic N) is 3. The van der Waals surface area contributed by atoms with Crippen LogP contribution in [0, 0.1) is 0 Å². The molecule has 0 saturated heterocycles. The number of thiophene rings is 1. The number of hydrogen-bond donors (Lipinski definition) is 0. The van der Waals surface area contributed by atoms with Crippen molar-refractivity contribution in [3.63, 3.8) is 0 Å². The largest absolute Gasteiger partial charge is 0.485 e. The van der Waals surface area contributed by atoms with Gasteiger partial charge in [0.05, 0.1) is 5.92 Å². The van der Waals surface area contributed by atoms with E-state index in [-0.39, 0.29) is 12.0 Å². The molecule has 2 aliphatic rings. The molecule has 0 saturated carbocycles. The zero-order chi connectivity index (χ0) is 33.0. The lowest BCUT2D eigenvalue weighted by Gasteiger charge is -2.23. The monoisotopic (exact) mass is 659 g/mol. The summed E-state index contributed by atoms with van der Waals surface area (Å²) in [5.41, 5.74) is 8.86. The summed E-state index contributed by atoms with van der Waals surface area (Å²) in [5.74, 6) is 3.08. The third-order valence-electron chi connectivity index (χ3n) is 9.76. The van der Waals surface area contributed by atoms with Crippen molar-refractivity contribution in [2.75, 3.05) is 0 Å². The van der Waals surface area contributed by atoms with Gasteiger partial charge in [-0.25, -0.2) is 15.0 Å². The van der Waals surface area contributed by atoms with Gasteiger partial charge in [0, 0.05) is 42.4 Å². The van der Waals surface area contributed by atoms with Crippen LogP contribution < -0.4 is 4.74 Å². The van der Waals surface area contributed by atoms with Crippen molar-refractivity contribution in [3.05, 3.63) is 175 Å². The molecule has 0 bridgehead atoms. The van der Waals surface area contributed by atoms with Crippen LogP contribution in [0.4, 0.5) is 0 Å². The minimum Gasteiger partial charge on any atom is -0.485 e. The topological polar surface area (TPSA) is 47.9 Å². The number of hydrogen-bond acceptors (Lipinski definition) is 5. The summed E-state index contributed by atoms with van der Waals surface area (Å²) < 4.78 is 8.76. The number of fused-ring (bicyclic) bond motifs is 6. The average molecular weight is 660 g/mol. The Morgan fingerprint density at radius 2 is 1.12 bits per heavy atom. The highest BCUT2D eigenvalue weighted by Gasteiger charge is 2.36. The summed E-state index contributed by atoms with van der Waals surface area (Å²) in [6.07, 6.45) is 6.48. The minimum absolute atomic E-state index is 0.00454. The van der Waals surface area contributed by atoms with E-state index in [9.17, 15) is 0 Å². The first kappa shape index (κ1) is 28.8. The van der Waals surface area contributed by atoms with Crippen LogP contribution in [0.3, 0.4) is 0 Å². The van der Waals surface area contributed by atoms with E-state index >= 15 is 0 Å². The molecule has 1 aliphatic carbocycles. The van der Waals surface area contributed by atoms with Crippen molar-refractivity contribution in [2.45, 2.75) is 12.0 Å². The minimum atomic E-state index is 0.00454. The molecule has 0 N–H and O–H groups in total. The molecule has 3 heterocycles. The molecular weight excluding hydrogens is 631 g/mol. The number of benzene rings is 6. The molecular formula is C45H29N3OS. The highest BCUT2D eigenvalue weighted by molar-refractivity contribution is 7.25. The second kappa shape index (κ2) is 11.8. The predicted octanol–water partition coefficient (Wildman–Crippen LogP) is 11.4. The molecule has 236 valence electrons.